The number of amides is 1. The highest BCUT2D eigenvalue weighted by Gasteiger charge is 2.24. The summed E-state index contributed by atoms with van der Waals surface area (Å²) in [5.41, 5.74) is 1.10. The van der Waals surface area contributed by atoms with Crippen molar-refractivity contribution in [2.24, 2.45) is 5.92 Å². The molecule has 7 heteroatoms. The van der Waals surface area contributed by atoms with Crippen molar-refractivity contribution in [2.45, 2.75) is 6.92 Å². The van der Waals surface area contributed by atoms with Crippen molar-refractivity contribution in [2.75, 3.05) is 44.7 Å². The first-order valence-electron chi connectivity index (χ1n) is 7.09. The summed E-state index contributed by atoms with van der Waals surface area (Å²) in [5.74, 6) is 0.536. The zero-order valence-electron chi connectivity index (χ0n) is 13.0. The number of nitrogens with one attached hydrogen (secondary N) is 1. The summed E-state index contributed by atoms with van der Waals surface area (Å²) in [6.07, 6.45) is 0. The van der Waals surface area contributed by atoms with Gasteiger partial charge in [-0.2, -0.15) is 0 Å². The maximum atomic E-state index is 12.2. The molecule has 2 N–H and O–H groups in total. The lowest BCUT2D eigenvalue weighted by molar-refractivity contribution is -0.135. The van der Waals surface area contributed by atoms with E-state index in [1.54, 1.807) is 12.1 Å². The Morgan fingerprint density at radius 2 is 1.73 bits per heavy atom. The van der Waals surface area contributed by atoms with Gasteiger partial charge in [-0.15, -0.1) is 24.8 Å². The highest BCUT2D eigenvalue weighted by atomic mass is 35.5. The normalized spacial score (nSPS) is 15.5. The number of piperazine rings is 1. The summed E-state index contributed by atoms with van der Waals surface area (Å²) in [5, 5.41) is 12.3. The second kappa shape index (κ2) is 9.77. The molecule has 0 aromatic heterocycles. The first-order valence-corrected chi connectivity index (χ1v) is 7.09. The molecule has 0 aliphatic carbocycles. The summed E-state index contributed by atoms with van der Waals surface area (Å²) in [4.78, 5) is 16.4. The minimum Gasteiger partial charge on any atom is -0.508 e. The molecule has 1 aromatic carbocycles. The number of nitrogens with zero attached hydrogens (tertiary/aromatic N) is 2. The van der Waals surface area contributed by atoms with Crippen molar-refractivity contribution in [3.8, 4) is 5.75 Å². The van der Waals surface area contributed by atoms with Crippen LogP contribution in [0.25, 0.3) is 0 Å². The smallest absolute Gasteiger partial charge is 0.226 e. The van der Waals surface area contributed by atoms with Crippen LogP contribution in [0.15, 0.2) is 24.3 Å². The Morgan fingerprint density at radius 3 is 2.23 bits per heavy atom. The van der Waals surface area contributed by atoms with Gasteiger partial charge in [-0.3, -0.25) is 4.79 Å². The number of benzene rings is 1. The first kappa shape index (κ1) is 20.8. The van der Waals surface area contributed by atoms with Gasteiger partial charge < -0.3 is 20.2 Å². The van der Waals surface area contributed by atoms with Crippen LogP contribution in [0.5, 0.6) is 5.75 Å². The Bertz CT molecular complexity index is 449. The molecule has 0 spiro atoms. The molecule has 1 amide bonds. The van der Waals surface area contributed by atoms with Crippen LogP contribution in [0.4, 0.5) is 5.69 Å². The molecule has 1 aliphatic rings. The topological polar surface area (TPSA) is 55.8 Å². The first-order chi connectivity index (χ1) is 9.61. The lowest BCUT2D eigenvalue weighted by Crippen LogP contribution is -2.51. The largest absolute Gasteiger partial charge is 0.508 e. The van der Waals surface area contributed by atoms with Crippen molar-refractivity contribution in [3.63, 3.8) is 0 Å². The van der Waals surface area contributed by atoms with Crippen molar-refractivity contribution in [1.29, 1.82) is 0 Å². The second-order valence-electron chi connectivity index (χ2n) is 5.29. The number of carbonyl (C=O) groups is 1. The molecule has 0 saturated carbocycles. The van der Waals surface area contributed by atoms with Crippen molar-refractivity contribution < 1.29 is 9.90 Å². The molecule has 126 valence electrons. The molecule has 1 unspecified atom stereocenters. The average molecular weight is 350 g/mol. The number of phenols is 1. The lowest BCUT2D eigenvalue weighted by atomic mass is 10.1. The van der Waals surface area contributed by atoms with Crippen LogP contribution >= 0.6 is 24.8 Å². The van der Waals surface area contributed by atoms with Crippen LogP contribution in [0.3, 0.4) is 0 Å². The fourth-order valence-electron chi connectivity index (χ4n) is 2.55. The van der Waals surface area contributed by atoms with E-state index in [2.05, 4.69) is 10.2 Å². The van der Waals surface area contributed by atoms with Gasteiger partial charge in [0.2, 0.25) is 5.91 Å². The van der Waals surface area contributed by atoms with Gasteiger partial charge in [-0.1, -0.05) is 6.92 Å². The van der Waals surface area contributed by atoms with E-state index in [1.165, 1.54) is 0 Å². The molecule has 2 rings (SSSR count). The maximum absolute atomic E-state index is 12.2. The summed E-state index contributed by atoms with van der Waals surface area (Å²) in [6.45, 7) is 5.87. The van der Waals surface area contributed by atoms with Gasteiger partial charge in [0.15, 0.2) is 0 Å². The van der Waals surface area contributed by atoms with E-state index in [0.29, 0.717) is 0 Å². The fraction of sp³-hybridized carbons (Fsp3) is 0.533. The molecule has 1 fully saturated rings. The Hall–Kier alpha value is -1.17. The zero-order chi connectivity index (χ0) is 14.5. The SMILES string of the molecule is CNCC(C)C(=O)N1CCN(c2ccc(O)cc2)CC1.Cl.Cl. The quantitative estimate of drug-likeness (QED) is 0.869. The molecule has 5 nitrogen and oxygen atoms in total. The average Bonchev–Trinajstić information content (AvgIpc) is 2.48. The van der Waals surface area contributed by atoms with Gasteiger partial charge >= 0.3 is 0 Å². The van der Waals surface area contributed by atoms with Gasteiger partial charge in [-0.25, -0.2) is 0 Å². The minimum atomic E-state index is 0. The lowest BCUT2D eigenvalue weighted by Gasteiger charge is -2.37. The predicted molar refractivity (Wildman–Crippen MR) is 94.5 cm³/mol. The second-order valence-corrected chi connectivity index (χ2v) is 5.29. The van der Waals surface area contributed by atoms with E-state index >= 15 is 0 Å². The highest BCUT2D eigenvalue weighted by Crippen LogP contribution is 2.20. The number of hydrogen-bond acceptors (Lipinski definition) is 4. The molecule has 0 radical (unpaired) electrons. The number of halogens is 2. The van der Waals surface area contributed by atoms with Crippen LogP contribution < -0.4 is 10.2 Å². The number of rotatable bonds is 4. The van der Waals surface area contributed by atoms with E-state index in [0.717, 1.165) is 38.4 Å². The molecule has 0 bridgehead atoms. The van der Waals surface area contributed by atoms with Crippen LogP contribution in [0.1, 0.15) is 6.92 Å². The number of carbonyl (C=O) groups excluding carboxylic acids is 1. The third-order valence-corrected chi connectivity index (χ3v) is 3.74. The summed E-state index contributed by atoms with van der Waals surface area (Å²) in [6, 6.07) is 7.22. The third-order valence-electron chi connectivity index (χ3n) is 3.74. The zero-order valence-corrected chi connectivity index (χ0v) is 14.6. The summed E-state index contributed by atoms with van der Waals surface area (Å²) < 4.78 is 0. The third kappa shape index (κ3) is 5.23. The molecule has 1 aromatic rings. The Morgan fingerprint density at radius 1 is 1.18 bits per heavy atom. The molecule has 1 atom stereocenters. The van der Waals surface area contributed by atoms with Crippen LogP contribution in [0.2, 0.25) is 0 Å². The van der Waals surface area contributed by atoms with E-state index < -0.39 is 0 Å². The summed E-state index contributed by atoms with van der Waals surface area (Å²) in [7, 11) is 1.87. The van der Waals surface area contributed by atoms with E-state index in [9.17, 15) is 9.90 Å². The van der Waals surface area contributed by atoms with Gasteiger partial charge in [0, 0.05) is 44.3 Å². The molecule has 1 heterocycles. The van der Waals surface area contributed by atoms with E-state index in [4.69, 9.17) is 0 Å². The molecular weight excluding hydrogens is 325 g/mol. The minimum absolute atomic E-state index is 0. The maximum Gasteiger partial charge on any atom is 0.226 e. The number of hydrogen-bond donors (Lipinski definition) is 2. The van der Waals surface area contributed by atoms with Crippen molar-refractivity contribution in [1.82, 2.24) is 10.2 Å². The Balaban J connectivity index is 0.00000220. The van der Waals surface area contributed by atoms with Crippen LogP contribution in [0, 0.1) is 5.92 Å². The predicted octanol–water partition coefficient (Wildman–Crippen LogP) is 1.74. The van der Waals surface area contributed by atoms with E-state index in [-0.39, 0.29) is 42.4 Å². The van der Waals surface area contributed by atoms with Gasteiger partial charge in [-0.05, 0) is 31.3 Å². The van der Waals surface area contributed by atoms with Crippen molar-refractivity contribution in [3.05, 3.63) is 24.3 Å². The van der Waals surface area contributed by atoms with Gasteiger partial charge in [0.05, 0.1) is 0 Å². The number of anilines is 1. The Labute approximate surface area is 144 Å². The van der Waals surface area contributed by atoms with Crippen molar-refractivity contribution >= 4 is 36.4 Å². The highest BCUT2D eigenvalue weighted by molar-refractivity contribution is 5.85. The standard InChI is InChI=1S/C15H23N3O2.2ClH/c1-12(11-16-2)15(20)18-9-7-17(8-10-18)13-3-5-14(19)6-4-13;;/h3-6,12,16,19H,7-11H2,1-2H3;2*1H. The number of aromatic hydroxyl groups is 1. The molecule has 22 heavy (non-hydrogen) atoms. The molecular formula is C15H25Cl2N3O2. The van der Waals surface area contributed by atoms with Gasteiger partial charge in [0.25, 0.3) is 0 Å². The fourth-order valence-corrected chi connectivity index (χ4v) is 2.55. The molecule has 1 saturated heterocycles. The molecule has 1 aliphatic heterocycles. The monoisotopic (exact) mass is 349 g/mol. The van der Waals surface area contributed by atoms with Crippen LogP contribution in [-0.2, 0) is 4.79 Å². The van der Waals surface area contributed by atoms with Crippen LogP contribution in [-0.4, -0.2) is 55.7 Å². The van der Waals surface area contributed by atoms with Gasteiger partial charge in [0.1, 0.15) is 5.75 Å². The number of phenolic OH excluding ortho intramolecular Hbond substituents is 1. The Kier molecular flexibility index (Phi) is 9.25. The summed E-state index contributed by atoms with van der Waals surface area (Å²) >= 11 is 0. The van der Waals surface area contributed by atoms with E-state index in [1.807, 2.05) is 31.0 Å².